The normalized spacial score (nSPS) is 10.7. The van der Waals surface area contributed by atoms with Gasteiger partial charge in [0, 0.05) is 12.6 Å². The van der Waals surface area contributed by atoms with Gasteiger partial charge in [-0.05, 0) is 24.6 Å². The largest absolute Gasteiger partial charge is 0.497 e. The topological polar surface area (TPSA) is 111 Å². The summed E-state index contributed by atoms with van der Waals surface area (Å²) in [5.74, 6) is 0.937. The molecule has 0 atom stereocenters. The smallest absolute Gasteiger partial charge is 0.311 e. The molecule has 0 aliphatic heterocycles. The maximum absolute atomic E-state index is 12.2. The molecule has 3 aromatic rings. The first-order chi connectivity index (χ1) is 12.6. The third kappa shape index (κ3) is 4.00. The summed E-state index contributed by atoms with van der Waals surface area (Å²) in [7, 11) is 1.61. The summed E-state index contributed by atoms with van der Waals surface area (Å²) in [6, 6.07) is 8.87. The number of esters is 1. The summed E-state index contributed by atoms with van der Waals surface area (Å²) < 4.78 is 11.2. The Bertz CT molecular complexity index is 961. The number of aromatic amines is 1. The van der Waals surface area contributed by atoms with Gasteiger partial charge in [0.2, 0.25) is 5.95 Å². The van der Waals surface area contributed by atoms with Crippen LogP contribution in [0.5, 0.6) is 5.75 Å². The van der Waals surface area contributed by atoms with E-state index in [1.807, 2.05) is 24.3 Å². The molecule has 2 heterocycles. The molecular formula is C17H19N5O4. The lowest BCUT2D eigenvalue weighted by molar-refractivity contribution is -0.142. The minimum absolute atomic E-state index is 0.0684. The number of anilines is 1. The van der Waals surface area contributed by atoms with Crippen LogP contribution in [0.1, 0.15) is 18.2 Å². The lowest BCUT2D eigenvalue weighted by Gasteiger charge is -2.04. The number of rotatable bonds is 7. The zero-order valence-electron chi connectivity index (χ0n) is 14.5. The first kappa shape index (κ1) is 17.5. The van der Waals surface area contributed by atoms with E-state index in [1.54, 1.807) is 14.0 Å². The van der Waals surface area contributed by atoms with Crippen LogP contribution in [0.15, 0.2) is 35.1 Å². The number of fused-ring (bicyclic) bond motifs is 1. The van der Waals surface area contributed by atoms with Crippen LogP contribution >= 0.6 is 0 Å². The fourth-order valence-corrected chi connectivity index (χ4v) is 2.39. The number of aromatic nitrogens is 4. The molecule has 3 rings (SSSR count). The Kier molecular flexibility index (Phi) is 5.16. The SMILES string of the molecule is CCOC(=O)Cc1cc(=O)n2[nH]c(NCc3ccc(OC)cc3)nc2n1. The maximum Gasteiger partial charge on any atom is 0.311 e. The zero-order chi connectivity index (χ0) is 18.5. The van der Waals surface area contributed by atoms with Gasteiger partial charge < -0.3 is 14.8 Å². The van der Waals surface area contributed by atoms with Gasteiger partial charge in [-0.2, -0.15) is 9.50 Å². The van der Waals surface area contributed by atoms with Crippen molar-refractivity contribution in [2.75, 3.05) is 19.0 Å². The molecule has 0 aliphatic rings. The molecule has 26 heavy (non-hydrogen) atoms. The first-order valence-corrected chi connectivity index (χ1v) is 8.10. The average molecular weight is 357 g/mol. The third-order valence-corrected chi connectivity index (χ3v) is 3.63. The summed E-state index contributed by atoms with van der Waals surface area (Å²) >= 11 is 0. The van der Waals surface area contributed by atoms with Gasteiger partial charge in [0.25, 0.3) is 11.3 Å². The van der Waals surface area contributed by atoms with E-state index >= 15 is 0 Å². The second-order valence-corrected chi connectivity index (χ2v) is 5.48. The van der Waals surface area contributed by atoms with Gasteiger partial charge in [-0.25, -0.2) is 4.98 Å². The number of nitrogens with zero attached hydrogens (tertiary/aromatic N) is 3. The van der Waals surface area contributed by atoms with Gasteiger partial charge in [-0.15, -0.1) is 0 Å². The van der Waals surface area contributed by atoms with Crippen LogP contribution in [0.2, 0.25) is 0 Å². The minimum atomic E-state index is -0.433. The van der Waals surface area contributed by atoms with Crippen molar-refractivity contribution in [3.63, 3.8) is 0 Å². The van der Waals surface area contributed by atoms with Crippen molar-refractivity contribution in [3.8, 4) is 5.75 Å². The monoisotopic (exact) mass is 357 g/mol. The second-order valence-electron chi connectivity index (χ2n) is 5.48. The molecule has 2 N–H and O–H groups in total. The van der Waals surface area contributed by atoms with Crippen LogP contribution < -0.4 is 15.6 Å². The first-order valence-electron chi connectivity index (χ1n) is 8.10. The summed E-state index contributed by atoms with van der Waals surface area (Å²) in [5, 5.41) is 5.94. The van der Waals surface area contributed by atoms with Crippen molar-refractivity contribution in [2.45, 2.75) is 19.9 Å². The highest BCUT2D eigenvalue weighted by Crippen LogP contribution is 2.12. The molecule has 0 radical (unpaired) electrons. The quantitative estimate of drug-likeness (QED) is 0.610. The Morgan fingerprint density at radius 3 is 2.73 bits per heavy atom. The van der Waals surface area contributed by atoms with E-state index in [0.29, 0.717) is 18.2 Å². The number of hydrogen-bond donors (Lipinski definition) is 2. The number of methoxy groups -OCH3 is 1. The van der Waals surface area contributed by atoms with Crippen molar-refractivity contribution in [1.29, 1.82) is 0 Å². The van der Waals surface area contributed by atoms with Gasteiger partial charge in [-0.3, -0.25) is 14.7 Å². The predicted molar refractivity (Wildman–Crippen MR) is 94.3 cm³/mol. The highest BCUT2D eigenvalue weighted by atomic mass is 16.5. The van der Waals surface area contributed by atoms with E-state index in [0.717, 1.165) is 11.3 Å². The van der Waals surface area contributed by atoms with Gasteiger partial charge in [0.05, 0.1) is 25.8 Å². The lowest BCUT2D eigenvalue weighted by atomic mass is 10.2. The third-order valence-electron chi connectivity index (χ3n) is 3.63. The molecule has 0 unspecified atom stereocenters. The molecule has 0 amide bonds. The summed E-state index contributed by atoms with van der Waals surface area (Å²) in [5.41, 5.74) is 0.996. The standard InChI is InChI=1S/C17H19N5O4/c1-3-26-15(24)9-12-8-14(23)22-17(19-12)20-16(21-22)18-10-11-4-6-13(25-2)7-5-11/h4-8H,3,9-10H2,1-2H3,(H2,18,19,20,21). The van der Waals surface area contributed by atoms with E-state index in [9.17, 15) is 9.59 Å². The highest BCUT2D eigenvalue weighted by molar-refractivity contribution is 5.72. The Morgan fingerprint density at radius 2 is 2.04 bits per heavy atom. The van der Waals surface area contributed by atoms with Crippen molar-refractivity contribution in [3.05, 3.63) is 51.9 Å². The predicted octanol–water partition coefficient (Wildman–Crippen LogP) is 1.14. The van der Waals surface area contributed by atoms with E-state index in [2.05, 4.69) is 20.4 Å². The van der Waals surface area contributed by atoms with Crippen LogP contribution in [0.3, 0.4) is 0 Å². The van der Waals surface area contributed by atoms with Crippen molar-refractivity contribution in [2.24, 2.45) is 0 Å². The van der Waals surface area contributed by atoms with Gasteiger partial charge in [-0.1, -0.05) is 12.1 Å². The van der Waals surface area contributed by atoms with Crippen molar-refractivity contribution in [1.82, 2.24) is 19.6 Å². The fourth-order valence-electron chi connectivity index (χ4n) is 2.39. The minimum Gasteiger partial charge on any atom is -0.497 e. The molecule has 0 bridgehead atoms. The molecule has 0 aliphatic carbocycles. The number of carbonyl (C=O) groups is 1. The zero-order valence-corrected chi connectivity index (χ0v) is 14.5. The van der Waals surface area contributed by atoms with Gasteiger partial charge >= 0.3 is 5.97 Å². The van der Waals surface area contributed by atoms with Gasteiger partial charge in [0.15, 0.2) is 0 Å². The highest BCUT2D eigenvalue weighted by Gasteiger charge is 2.11. The molecule has 0 saturated carbocycles. The lowest BCUT2D eigenvalue weighted by Crippen LogP contribution is -2.18. The fraction of sp³-hybridized carbons (Fsp3) is 0.294. The van der Waals surface area contributed by atoms with Crippen LogP contribution in [0, 0.1) is 0 Å². The summed E-state index contributed by atoms with van der Waals surface area (Å²) in [6.07, 6.45) is -0.0684. The molecular weight excluding hydrogens is 338 g/mol. The molecule has 0 saturated heterocycles. The number of hydrogen-bond acceptors (Lipinski definition) is 7. The maximum atomic E-state index is 12.2. The van der Waals surface area contributed by atoms with E-state index in [1.165, 1.54) is 10.6 Å². The average Bonchev–Trinajstić information content (AvgIpc) is 3.04. The van der Waals surface area contributed by atoms with Crippen molar-refractivity contribution < 1.29 is 14.3 Å². The number of ether oxygens (including phenoxy) is 2. The van der Waals surface area contributed by atoms with Crippen LogP contribution in [-0.2, 0) is 22.5 Å². The van der Waals surface area contributed by atoms with E-state index < -0.39 is 5.97 Å². The van der Waals surface area contributed by atoms with Crippen LogP contribution in [0.4, 0.5) is 5.95 Å². The molecule has 0 spiro atoms. The molecule has 0 fully saturated rings. The van der Waals surface area contributed by atoms with Crippen molar-refractivity contribution >= 4 is 17.7 Å². The number of benzene rings is 1. The summed E-state index contributed by atoms with van der Waals surface area (Å²) in [6.45, 7) is 2.51. The number of H-pyrrole nitrogens is 1. The number of carbonyl (C=O) groups excluding carboxylic acids is 1. The van der Waals surface area contributed by atoms with E-state index in [4.69, 9.17) is 9.47 Å². The van der Waals surface area contributed by atoms with Gasteiger partial charge in [0.1, 0.15) is 5.75 Å². The van der Waals surface area contributed by atoms with Crippen LogP contribution in [-0.4, -0.2) is 39.3 Å². The molecule has 9 nitrogen and oxygen atoms in total. The summed E-state index contributed by atoms with van der Waals surface area (Å²) in [4.78, 5) is 32.2. The Labute approximate surface area is 149 Å². The Balaban J connectivity index is 1.74. The second kappa shape index (κ2) is 7.68. The molecule has 1 aromatic carbocycles. The molecule has 136 valence electrons. The van der Waals surface area contributed by atoms with Crippen LogP contribution in [0.25, 0.3) is 5.78 Å². The van der Waals surface area contributed by atoms with E-state index in [-0.39, 0.29) is 24.4 Å². The Hall–Kier alpha value is -3.36. The molecule has 2 aromatic heterocycles. The molecule has 9 heteroatoms. The number of nitrogens with one attached hydrogen (secondary N) is 2. The Morgan fingerprint density at radius 1 is 1.27 bits per heavy atom.